The van der Waals surface area contributed by atoms with Crippen LogP contribution in [-0.4, -0.2) is 37.2 Å². The van der Waals surface area contributed by atoms with Crippen molar-refractivity contribution in [2.75, 3.05) is 20.2 Å². The van der Waals surface area contributed by atoms with Crippen molar-refractivity contribution in [1.82, 2.24) is 4.90 Å². The van der Waals surface area contributed by atoms with E-state index in [0.717, 1.165) is 6.42 Å². The van der Waals surface area contributed by atoms with Gasteiger partial charge in [0.25, 0.3) is 0 Å². The van der Waals surface area contributed by atoms with Crippen LogP contribution in [-0.2, 0) is 4.74 Å². The zero-order valence-electron chi connectivity index (χ0n) is 11.3. The molecule has 1 aliphatic heterocycles. The van der Waals surface area contributed by atoms with E-state index in [-0.39, 0.29) is 24.3 Å². The summed E-state index contributed by atoms with van der Waals surface area (Å²) in [6, 6.07) is 3.55. The van der Waals surface area contributed by atoms with Crippen molar-refractivity contribution in [1.29, 1.82) is 0 Å². The zero-order valence-corrected chi connectivity index (χ0v) is 11.3. The number of halogens is 2. The van der Waals surface area contributed by atoms with Gasteiger partial charge in [0, 0.05) is 24.8 Å². The summed E-state index contributed by atoms with van der Waals surface area (Å²) in [5.41, 5.74) is 5.79. The maximum Gasteiger partial charge on any atom is 0.130 e. The molecular weight excluding hydrogens is 250 g/mol. The van der Waals surface area contributed by atoms with Crippen molar-refractivity contribution in [3.63, 3.8) is 0 Å². The largest absolute Gasteiger partial charge is 0.377 e. The monoisotopic (exact) mass is 270 g/mol. The smallest absolute Gasteiger partial charge is 0.130 e. The van der Waals surface area contributed by atoms with Gasteiger partial charge in [-0.3, -0.25) is 4.90 Å². The number of rotatable bonds is 4. The summed E-state index contributed by atoms with van der Waals surface area (Å²) in [4.78, 5) is 1.93. The molecule has 0 aromatic heterocycles. The summed E-state index contributed by atoms with van der Waals surface area (Å²) < 4.78 is 33.3. The van der Waals surface area contributed by atoms with Crippen molar-refractivity contribution in [2.45, 2.75) is 31.5 Å². The van der Waals surface area contributed by atoms with Gasteiger partial charge in [0.2, 0.25) is 0 Å². The Morgan fingerprint density at radius 2 is 2.05 bits per heavy atom. The van der Waals surface area contributed by atoms with Gasteiger partial charge in [-0.2, -0.15) is 0 Å². The molecule has 0 radical (unpaired) electrons. The van der Waals surface area contributed by atoms with E-state index in [1.54, 1.807) is 0 Å². The minimum Gasteiger partial charge on any atom is -0.377 e. The number of benzene rings is 1. The van der Waals surface area contributed by atoms with Gasteiger partial charge in [-0.15, -0.1) is 0 Å². The van der Waals surface area contributed by atoms with Crippen LogP contribution >= 0.6 is 0 Å². The average Bonchev–Trinajstić information content (AvgIpc) is 2.79. The van der Waals surface area contributed by atoms with Crippen molar-refractivity contribution >= 4 is 0 Å². The first kappa shape index (κ1) is 14.4. The van der Waals surface area contributed by atoms with Gasteiger partial charge in [0.05, 0.1) is 12.1 Å². The van der Waals surface area contributed by atoms with Gasteiger partial charge in [-0.05, 0) is 32.5 Å². The molecule has 1 saturated heterocycles. The Kier molecular flexibility index (Phi) is 4.50. The highest BCUT2D eigenvalue weighted by Gasteiger charge is 2.33. The third-order valence-electron chi connectivity index (χ3n) is 3.91. The second-order valence-electron chi connectivity index (χ2n) is 4.98. The maximum atomic E-state index is 13.9. The Hall–Kier alpha value is -1.04. The lowest BCUT2D eigenvalue weighted by atomic mass is 10.0. The SMILES string of the molecule is CC1OCCC1N(C)C(CN)c1c(F)cccc1F. The third kappa shape index (κ3) is 2.78. The molecule has 3 nitrogen and oxygen atoms in total. The number of ether oxygens (including phenoxy) is 1. The normalized spacial score (nSPS) is 24.9. The summed E-state index contributed by atoms with van der Waals surface area (Å²) in [5.74, 6) is -1.09. The number of hydrogen-bond acceptors (Lipinski definition) is 3. The minimum atomic E-state index is -0.547. The fraction of sp³-hybridized carbons (Fsp3) is 0.571. The minimum absolute atomic E-state index is 0.0478. The lowest BCUT2D eigenvalue weighted by molar-refractivity contribution is 0.0671. The zero-order chi connectivity index (χ0) is 14.0. The molecule has 0 amide bonds. The molecule has 2 rings (SSSR count). The Labute approximate surface area is 112 Å². The summed E-state index contributed by atoms with van der Waals surface area (Å²) in [6.07, 6.45) is 0.901. The molecule has 1 heterocycles. The number of nitrogens with zero attached hydrogens (tertiary/aromatic N) is 1. The van der Waals surface area contributed by atoms with E-state index in [1.165, 1.54) is 18.2 Å². The number of hydrogen-bond donors (Lipinski definition) is 1. The molecule has 1 aromatic rings. The Morgan fingerprint density at radius 1 is 1.42 bits per heavy atom. The quantitative estimate of drug-likeness (QED) is 0.910. The first-order valence-corrected chi connectivity index (χ1v) is 6.53. The molecule has 2 N–H and O–H groups in total. The molecular formula is C14H20F2N2O. The highest BCUT2D eigenvalue weighted by molar-refractivity contribution is 5.24. The van der Waals surface area contributed by atoms with E-state index in [9.17, 15) is 8.78 Å². The van der Waals surface area contributed by atoms with Crippen LogP contribution in [0.25, 0.3) is 0 Å². The lowest BCUT2D eigenvalue weighted by Gasteiger charge is -2.34. The van der Waals surface area contributed by atoms with Gasteiger partial charge < -0.3 is 10.5 Å². The summed E-state index contributed by atoms with van der Waals surface area (Å²) in [7, 11) is 1.85. The van der Waals surface area contributed by atoms with Crippen LogP contribution in [0.3, 0.4) is 0 Å². The summed E-state index contributed by atoms with van der Waals surface area (Å²) in [5, 5.41) is 0. The molecule has 1 aliphatic rings. The van der Waals surface area contributed by atoms with Crippen LogP contribution in [0.4, 0.5) is 8.78 Å². The second kappa shape index (κ2) is 5.94. The fourth-order valence-electron chi connectivity index (χ4n) is 2.80. The number of nitrogens with two attached hydrogens (primary N) is 1. The van der Waals surface area contributed by atoms with Gasteiger partial charge in [0.15, 0.2) is 0 Å². The van der Waals surface area contributed by atoms with E-state index in [1.807, 2.05) is 18.9 Å². The standard InChI is InChI=1S/C14H20F2N2O/c1-9-12(6-7-19-9)18(2)13(8-17)14-10(15)4-3-5-11(14)16/h3-5,9,12-13H,6-8,17H2,1-2H3. The first-order chi connectivity index (χ1) is 9.06. The first-order valence-electron chi connectivity index (χ1n) is 6.53. The number of likely N-dealkylation sites (N-methyl/N-ethyl adjacent to an activating group) is 1. The molecule has 3 atom stereocenters. The maximum absolute atomic E-state index is 13.9. The molecule has 1 fully saturated rings. The van der Waals surface area contributed by atoms with Crippen molar-refractivity contribution in [3.05, 3.63) is 35.4 Å². The van der Waals surface area contributed by atoms with Gasteiger partial charge >= 0.3 is 0 Å². The van der Waals surface area contributed by atoms with Crippen LogP contribution in [0.2, 0.25) is 0 Å². The lowest BCUT2D eigenvalue weighted by Crippen LogP contribution is -2.42. The van der Waals surface area contributed by atoms with E-state index >= 15 is 0 Å². The molecule has 106 valence electrons. The van der Waals surface area contributed by atoms with Crippen LogP contribution in [0.1, 0.15) is 24.9 Å². The van der Waals surface area contributed by atoms with Crippen molar-refractivity contribution < 1.29 is 13.5 Å². The van der Waals surface area contributed by atoms with Crippen LogP contribution in [0, 0.1) is 11.6 Å². The molecule has 0 aliphatic carbocycles. The van der Waals surface area contributed by atoms with Gasteiger partial charge in [-0.25, -0.2) is 8.78 Å². The molecule has 0 bridgehead atoms. The summed E-state index contributed by atoms with van der Waals surface area (Å²) in [6.45, 7) is 2.81. The van der Waals surface area contributed by atoms with Crippen LogP contribution in [0.5, 0.6) is 0 Å². The molecule has 0 spiro atoms. The molecule has 3 unspecified atom stereocenters. The van der Waals surface area contributed by atoms with Gasteiger partial charge in [0.1, 0.15) is 11.6 Å². The topological polar surface area (TPSA) is 38.5 Å². The predicted octanol–water partition coefficient (Wildman–Crippen LogP) is 2.07. The Bertz CT molecular complexity index is 421. The average molecular weight is 270 g/mol. The van der Waals surface area contributed by atoms with E-state index < -0.39 is 17.7 Å². The molecule has 19 heavy (non-hydrogen) atoms. The molecule has 1 aromatic carbocycles. The van der Waals surface area contributed by atoms with E-state index in [0.29, 0.717) is 6.61 Å². The fourth-order valence-corrected chi connectivity index (χ4v) is 2.80. The second-order valence-corrected chi connectivity index (χ2v) is 4.98. The van der Waals surface area contributed by atoms with Crippen LogP contribution < -0.4 is 5.73 Å². The third-order valence-corrected chi connectivity index (χ3v) is 3.91. The van der Waals surface area contributed by atoms with Crippen molar-refractivity contribution in [3.8, 4) is 0 Å². The van der Waals surface area contributed by atoms with E-state index in [4.69, 9.17) is 10.5 Å². The highest BCUT2D eigenvalue weighted by atomic mass is 19.1. The molecule has 5 heteroatoms. The van der Waals surface area contributed by atoms with E-state index in [2.05, 4.69) is 0 Å². The van der Waals surface area contributed by atoms with Crippen molar-refractivity contribution in [2.24, 2.45) is 5.73 Å². The summed E-state index contributed by atoms with van der Waals surface area (Å²) >= 11 is 0. The Balaban J connectivity index is 2.29. The molecule has 0 saturated carbocycles. The highest BCUT2D eigenvalue weighted by Crippen LogP contribution is 2.29. The van der Waals surface area contributed by atoms with Gasteiger partial charge in [-0.1, -0.05) is 6.07 Å². The Morgan fingerprint density at radius 3 is 2.53 bits per heavy atom. The van der Waals surface area contributed by atoms with Crippen LogP contribution in [0.15, 0.2) is 18.2 Å². The predicted molar refractivity (Wildman–Crippen MR) is 69.7 cm³/mol.